The first-order valence-corrected chi connectivity index (χ1v) is 6.99. The molecular formula is C14H23Cl3N2O3. The smallest absolute Gasteiger partial charge is 0.320 e. The van der Waals surface area contributed by atoms with E-state index in [0.29, 0.717) is 18.9 Å². The molecule has 1 atom stereocenters. The molecule has 22 heavy (non-hydrogen) atoms. The molecule has 0 radical (unpaired) electrons. The highest BCUT2D eigenvalue weighted by Gasteiger charge is 2.12. The molecule has 128 valence electrons. The Morgan fingerprint density at radius 1 is 1.32 bits per heavy atom. The Kier molecular flexibility index (Phi) is 13.7. The van der Waals surface area contributed by atoms with Gasteiger partial charge in [0.05, 0.1) is 6.61 Å². The molecule has 0 spiro atoms. The summed E-state index contributed by atoms with van der Waals surface area (Å²) >= 11 is 5.80. The summed E-state index contributed by atoms with van der Waals surface area (Å²) in [6, 6.07) is 6.82. The fourth-order valence-corrected chi connectivity index (χ4v) is 2.06. The van der Waals surface area contributed by atoms with Crippen LogP contribution in [-0.4, -0.2) is 49.8 Å². The molecule has 0 amide bonds. The second-order valence-corrected chi connectivity index (χ2v) is 4.86. The molecule has 0 heterocycles. The molecule has 5 nitrogen and oxygen atoms in total. The van der Waals surface area contributed by atoms with Crippen molar-refractivity contribution in [2.24, 2.45) is 5.73 Å². The third-order valence-corrected chi connectivity index (χ3v) is 3.16. The highest BCUT2D eigenvalue weighted by molar-refractivity contribution is 6.18. The lowest BCUT2D eigenvalue weighted by atomic mass is 10.1. The Labute approximate surface area is 148 Å². The number of carboxylic acid groups (broad SMARTS) is 1. The van der Waals surface area contributed by atoms with Crippen LogP contribution in [-0.2, 0) is 16.0 Å². The lowest BCUT2D eigenvalue weighted by Crippen LogP contribution is -2.32. The van der Waals surface area contributed by atoms with Gasteiger partial charge in [0.1, 0.15) is 6.04 Å². The van der Waals surface area contributed by atoms with Crippen LogP contribution < -0.4 is 10.6 Å². The largest absolute Gasteiger partial charge is 0.480 e. The first-order valence-electron chi connectivity index (χ1n) is 6.45. The van der Waals surface area contributed by atoms with Crippen molar-refractivity contribution in [3.05, 3.63) is 29.8 Å². The van der Waals surface area contributed by atoms with Crippen molar-refractivity contribution in [1.29, 1.82) is 0 Å². The van der Waals surface area contributed by atoms with Gasteiger partial charge in [-0.2, -0.15) is 0 Å². The van der Waals surface area contributed by atoms with Gasteiger partial charge in [-0.15, -0.1) is 36.4 Å². The summed E-state index contributed by atoms with van der Waals surface area (Å²) in [6.45, 7) is 2.12. The van der Waals surface area contributed by atoms with Crippen LogP contribution in [0, 0.1) is 0 Å². The molecule has 1 rings (SSSR count). The first-order chi connectivity index (χ1) is 9.58. The Balaban J connectivity index is 0. The number of benzene rings is 1. The van der Waals surface area contributed by atoms with Crippen LogP contribution in [0.3, 0.4) is 0 Å². The monoisotopic (exact) mass is 372 g/mol. The van der Waals surface area contributed by atoms with Crippen molar-refractivity contribution in [2.45, 2.75) is 12.5 Å². The molecule has 1 aromatic rings. The molecule has 0 aliphatic carbocycles. The second kappa shape index (κ2) is 12.8. The van der Waals surface area contributed by atoms with Crippen LogP contribution in [0.5, 0.6) is 0 Å². The SMILES string of the molecule is COCCN(CCCl)c1ccc(C[C@H](N)C(=O)O)cc1.Cl.Cl. The van der Waals surface area contributed by atoms with E-state index in [0.717, 1.165) is 24.3 Å². The minimum absolute atomic E-state index is 0. The van der Waals surface area contributed by atoms with E-state index in [1.165, 1.54) is 0 Å². The first kappa shape index (κ1) is 23.5. The Morgan fingerprint density at radius 2 is 1.91 bits per heavy atom. The summed E-state index contributed by atoms with van der Waals surface area (Å²) in [6.07, 6.45) is 0.323. The van der Waals surface area contributed by atoms with E-state index in [1.807, 2.05) is 24.3 Å². The molecule has 0 fully saturated rings. The van der Waals surface area contributed by atoms with E-state index in [9.17, 15) is 4.79 Å². The predicted octanol–water partition coefficient (Wildman–Crippen LogP) is 2.18. The number of halogens is 3. The predicted molar refractivity (Wildman–Crippen MR) is 95.1 cm³/mol. The van der Waals surface area contributed by atoms with E-state index in [2.05, 4.69) is 4.90 Å². The molecule has 3 N–H and O–H groups in total. The number of nitrogens with zero attached hydrogens (tertiary/aromatic N) is 1. The number of rotatable bonds is 9. The fraction of sp³-hybridized carbons (Fsp3) is 0.500. The van der Waals surface area contributed by atoms with Crippen molar-refractivity contribution >= 4 is 48.1 Å². The van der Waals surface area contributed by atoms with Gasteiger partial charge in [0.25, 0.3) is 0 Å². The average molecular weight is 374 g/mol. The van der Waals surface area contributed by atoms with E-state index < -0.39 is 12.0 Å². The summed E-state index contributed by atoms with van der Waals surface area (Å²) < 4.78 is 5.08. The number of hydrogen-bond donors (Lipinski definition) is 2. The van der Waals surface area contributed by atoms with Gasteiger partial charge in [-0.3, -0.25) is 4.79 Å². The molecular weight excluding hydrogens is 351 g/mol. The van der Waals surface area contributed by atoms with Gasteiger partial charge in [-0.05, 0) is 24.1 Å². The van der Waals surface area contributed by atoms with E-state index in [4.69, 9.17) is 27.2 Å². The summed E-state index contributed by atoms with van der Waals surface area (Å²) in [4.78, 5) is 12.8. The summed E-state index contributed by atoms with van der Waals surface area (Å²) in [7, 11) is 1.66. The van der Waals surface area contributed by atoms with Crippen LogP contribution in [0.4, 0.5) is 5.69 Å². The summed E-state index contributed by atoms with van der Waals surface area (Å²) in [5.74, 6) is -0.451. The minimum atomic E-state index is -0.988. The van der Waals surface area contributed by atoms with Crippen LogP contribution >= 0.6 is 36.4 Å². The third kappa shape index (κ3) is 8.06. The van der Waals surface area contributed by atoms with Gasteiger partial charge in [0.15, 0.2) is 0 Å². The highest BCUT2D eigenvalue weighted by atomic mass is 35.5. The lowest BCUT2D eigenvalue weighted by Gasteiger charge is -2.23. The van der Waals surface area contributed by atoms with Gasteiger partial charge in [0, 0.05) is 31.8 Å². The van der Waals surface area contributed by atoms with E-state index in [1.54, 1.807) is 7.11 Å². The Morgan fingerprint density at radius 3 is 2.36 bits per heavy atom. The minimum Gasteiger partial charge on any atom is -0.480 e. The number of nitrogens with two attached hydrogens (primary N) is 1. The van der Waals surface area contributed by atoms with Gasteiger partial charge >= 0.3 is 5.97 Å². The number of carboxylic acids is 1. The topological polar surface area (TPSA) is 75.8 Å². The maximum absolute atomic E-state index is 10.7. The van der Waals surface area contributed by atoms with E-state index >= 15 is 0 Å². The number of hydrogen-bond acceptors (Lipinski definition) is 4. The maximum atomic E-state index is 10.7. The quantitative estimate of drug-likeness (QED) is 0.649. The van der Waals surface area contributed by atoms with Crippen LogP contribution in [0.1, 0.15) is 5.56 Å². The number of methoxy groups -OCH3 is 1. The second-order valence-electron chi connectivity index (χ2n) is 4.48. The maximum Gasteiger partial charge on any atom is 0.320 e. The lowest BCUT2D eigenvalue weighted by molar-refractivity contribution is -0.138. The number of ether oxygens (including phenoxy) is 1. The standard InChI is InChI=1S/C14H21ClN2O3.2ClH/c1-20-9-8-17(7-6-15)12-4-2-11(3-5-12)10-13(16)14(18)19;;/h2-5,13H,6-10,16H2,1H3,(H,18,19);2*1H/t13-;;/m0../s1. The van der Waals surface area contributed by atoms with Crippen LogP contribution in [0.15, 0.2) is 24.3 Å². The van der Waals surface area contributed by atoms with Crippen LogP contribution in [0.25, 0.3) is 0 Å². The number of alkyl halides is 1. The Bertz CT molecular complexity index is 418. The number of aliphatic carboxylic acids is 1. The number of anilines is 1. The molecule has 8 heteroatoms. The molecule has 1 aromatic carbocycles. The zero-order valence-electron chi connectivity index (χ0n) is 12.4. The van der Waals surface area contributed by atoms with Crippen molar-refractivity contribution in [3.8, 4) is 0 Å². The van der Waals surface area contributed by atoms with Crippen LogP contribution in [0.2, 0.25) is 0 Å². The van der Waals surface area contributed by atoms with Gasteiger partial charge in [-0.1, -0.05) is 12.1 Å². The van der Waals surface area contributed by atoms with Crippen molar-refractivity contribution in [2.75, 3.05) is 37.6 Å². The van der Waals surface area contributed by atoms with Crippen molar-refractivity contribution < 1.29 is 14.6 Å². The molecule has 0 aromatic heterocycles. The van der Waals surface area contributed by atoms with Gasteiger partial charge in [0.2, 0.25) is 0 Å². The molecule has 0 saturated heterocycles. The zero-order valence-corrected chi connectivity index (χ0v) is 14.8. The molecule has 0 unspecified atom stereocenters. The van der Waals surface area contributed by atoms with Crippen molar-refractivity contribution in [3.63, 3.8) is 0 Å². The average Bonchev–Trinajstić information content (AvgIpc) is 2.44. The normalized spacial score (nSPS) is 11.0. The van der Waals surface area contributed by atoms with Crippen molar-refractivity contribution in [1.82, 2.24) is 0 Å². The molecule has 0 saturated carbocycles. The number of carbonyl (C=O) groups is 1. The van der Waals surface area contributed by atoms with E-state index in [-0.39, 0.29) is 24.8 Å². The Hall–Kier alpha value is -0.720. The zero-order chi connectivity index (χ0) is 15.0. The molecule has 0 aliphatic rings. The van der Waals surface area contributed by atoms with Gasteiger partial charge in [-0.25, -0.2) is 0 Å². The summed E-state index contributed by atoms with van der Waals surface area (Å²) in [5, 5.41) is 8.79. The fourth-order valence-electron chi connectivity index (χ4n) is 1.86. The molecule has 0 bridgehead atoms. The van der Waals surface area contributed by atoms with Gasteiger partial charge < -0.3 is 20.5 Å². The summed E-state index contributed by atoms with van der Waals surface area (Å²) in [5.41, 5.74) is 7.46. The third-order valence-electron chi connectivity index (χ3n) is 2.99. The highest BCUT2D eigenvalue weighted by Crippen LogP contribution is 2.16. The molecule has 0 aliphatic heterocycles.